The maximum atomic E-state index is 14.1. The van der Waals surface area contributed by atoms with Crippen LogP contribution in [0.25, 0.3) is 5.57 Å². The van der Waals surface area contributed by atoms with Gasteiger partial charge in [0.2, 0.25) is 0 Å². The first-order valence-electron chi connectivity index (χ1n) is 13.7. The van der Waals surface area contributed by atoms with E-state index in [1.165, 1.54) is 12.1 Å². The van der Waals surface area contributed by atoms with E-state index < -0.39 is 22.1 Å². The molecule has 0 fully saturated rings. The molecule has 0 radical (unpaired) electrons. The third-order valence-corrected chi connectivity index (χ3v) is 7.56. The second kappa shape index (κ2) is 14.4. The fraction of sp³-hybridized carbons (Fsp3) is 0.344. The van der Waals surface area contributed by atoms with E-state index in [9.17, 15) is 23.1 Å². The molecule has 42 heavy (non-hydrogen) atoms. The summed E-state index contributed by atoms with van der Waals surface area (Å²) in [4.78, 5) is 32.3. The summed E-state index contributed by atoms with van der Waals surface area (Å²) in [6.07, 6.45) is 8.52. The number of carbonyl (C=O) groups excluding carboxylic acids is 1. The molecule has 2 N–H and O–H groups in total. The molecule has 2 aromatic carbocycles. The van der Waals surface area contributed by atoms with Crippen molar-refractivity contribution in [3.63, 3.8) is 0 Å². The summed E-state index contributed by atoms with van der Waals surface area (Å²) in [5.74, 6) is -1.67. The predicted octanol–water partition coefficient (Wildman–Crippen LogP) is 5.36. The maximum Gasteiger partial charge on any atom is 0.344 e. The van der Waals surface area contributed by atoms with Gasteiger partial charge in [-0.05, 0) is 99.3 Å². The Kier molecular flexibility index (Phi) is 11.2. The van der Waals surface area contributed by atoms with Gasteiger partial charge in [0.1, 0.15) is 5.75 Å². The van der Waals surface area contributed by atoms with Crippen LogP contribution in [0.1, 0.15) is 57.9 Å². The third kappa shape index (κ3) is 8.82. The largest absolute Gasteiger partial charge is 0.478 e. The highest BCUT2D eigenvalue weighted by Crippen LogP contribution is 2.32. The summed E-state index contributed by atoms with van der Waals surface area (Å²) in [6.45, 7) is 8.86. The number of carbonyl (C=O) groups is 2. The van der Waals surface area contributed by atoms with Crippen LogP contribution in [0.5, 0.6) is 5.75 Å². The second-order valence-electron chi connectivity index (χ2n) is 10.4. The van der Waals surface area contributed by atoms with Crippen molar-refractivity contribution >= 4 is 33.3 Å². The average molecular weight is 595 g/mol. The van der Waals surface area contributed by atoms with Crippen LogP contribution in [0.3, 0.4) is 0 Å². The molecule has 0 heterocycles. The van der Waals surface area contributed by atoms with Gasteiger partial charge in [-0.1, -0.05) is 37.3 Å². The topological polar surface area (TPSA) is 134 Å². The number of ether oxygens (including phenoxy) is 1. The van der Waals surface area contributed by atoms with Gasteiger partial charge < -0.3 is 14.7 Å². The molecule has 10 heteroatoms. The van der Waals surface area contributed by atoms with E-state index in [2.05, 4.69) is 0 Å². The van der Waals surface area contributed by atoms with Crippen LogP contribution >= 0.6 is 0 Å². The van der Waals surface area contributed by atoms with E-state index in [0.717, 1.165) is 17.5 Å². The summed E-state index contributed by atoms with van der Waals surface area (Å²) in [6, 6.07) is 8.76. The lowest BCUT2D eigenvalue weighted by Crippen LogP contribution is -2.22. The number of aliphatic imine (C=N–C) groups is 1. The molecule has 1 aliphatic rings. The van der Waals surface area contributed by atoms with Crippen molar-refractivity contribution in [3.8, 4) is 5.75 Å². The van der Waals surface area contributed by atoms with Crippen LogP contribution in [0.15, 0.2) is 65.2 Å². The number of aryl methyl sites for hydroxylation is 3. The minimum Gasteiger partial charge on any atom is -0.478 e. The number of hydrogen-bond acceptors (Lipinski definition) is 7. The Bertz CT molecular complexity index is 1560. The number of nitrogens with zero attached hydrogens (tertiary/aromatic N) is 2. The van der Waals surface area contributed by atoms with Crippen LogP contribution in [-0.4, -0.2) is 66.5 Å². The normalized spacial score (nSPS) is 15.4. The average Bonchev–Trinajstić information content (AvgIpc) is 2.91. The molecule has 224 valence electrons. The Labute approximate surface area is 247 Å². The Morgan fingerprint density at radius 3 is 2.29 bits per heavy atom. The van der Waals surface area contributed by atoms with E-state index in [4.69, 9.17) is 14.3 Å². The minimum atomic E-state index is -4.03. The lowest BCUT2D eigenvalue weighted by Gasteiger charge is -2.20. The smallest absolute Gasteiger partial charge is 0.344 e. The highest BCUT2D eigenvalue weighted by Gasteiger charge is 2.25. The molecule has 2 aromatic rings. The van der Waals surface area contributed by atoms with E-state index >= 15 is 0 Å². The Balaban J connectivity index is 2.08. The maximum absolute atomic E-state index is 14.1. The van der Waals surface area contributed by atoms with Crippen molar-refractivity contribution < 1.29 is 32.4 Å². The van der Waals surface area contributed by atoms with Gasteiger partial charge in [0.25, 0.3) is 10.1 Å². The van der Waals surface area contributed by atoms with Crippen molar-refractivity contribution in [2.75, 3.05) is 25.9 Å². The minimum absolute atomic E-state index is 0.113. The van der Waals surface area contributed by atoms with Gasteiger partial charge in [-0.3, -0.25) is 9.55 Å². The first-order valence-corrected chi connectivity index (χ1v) is 15.4. The highest BCUT2D eigenvalue weighted by molar-refractivity contribution is 7.85. The molecular weight excluding hydrogens is 556 g/mol. The van der Waals surface area contributed by atoms with Gasteiger partial charge in [-0.2, -0.15) is 8.42 Å². The van der Waals surface area contributed by atoms with Gasteiger partial charge in [0, 0.05) is 18.7 Å². The lowest BCUT2D eigenvalue weighted by molar-refractivity contribution is -0.128. The zero-order valence-corrected chi connectivity index (χ0v) is 25.5. The lowest BCUT2D eigenvalue weighted by atomic mass is 9.90. The molecule has 0 unspecified atom stereocenters. The summed E-state index contributed by atoms with van der Waals surface area (Å²) < 4.78 is 37.2. The van der Waals surface area contributed by atoms with Crippen LogP contribution in [0, 0.1) is 20.8 Å². The van der Waals surface area contributed by atoms with E-state index in [1.807, 2.05) is 68.3 Å². The molecule has 0 atom stereocenters. The molecule has 1 aliphatic carbocycles. The molecular formula is C32H38N2O7S. The van der Waals surface area contributed by atoms with Crippen LogP contribution in [0.2, 0.25) is 0 Å². The Morgan fingerprint density at radius 2 is 1.67 bits per heavy atom. The van der Waals surface area contributed by atoms with Crippen molar-refractivity contribution in [1.29, 1.82) is 0 Å². The number of allylic oxidation sites excluding steroid dienone is 5. The van der Waals surface area contributed by atoms with Gasteiger partial charge in [-0.25, -0.2) is 9.59 Å². The number of rotatable bonds is 12. The molecule has 0 aliphatic heterocycles. The van der Waals surface area contributed by atoms with Gasteiger partial charge >= 0.3 is 11.9 Å². The van der Waals surface area contributed by atoms with E-state index in [0.29, 0.717) is 58.9 Å². The Morgan fingerprint density at radius 1 is 1.00 bits per heavy atom. The third-order valence-electron chi connectivity index (χ3n) is 6.75. The summed E-state index contributed by atoms with van der Waals surface area (Å²) >= 11 is 0. The molecule has 0 aromatic heterocycles. The molecule has 0 amide bonds. The number of aromatic carboxylic acids is 1. The predicted molar refractivity (Wildman–Crippen MR) is 165 cm³/mol. The zero-order valence-electron chi connectivity index (χ0n) is 24.7. The first-order chi connectivity index (χ1) is 19.8. The van der Waals surface area contributed by atoms with Crippen LogP contribution in [-0.2, 0) is 21.5 Å². The molecule has 0 saturated carbocycles. The number of carboxylic acids is 1. The van der Waals surface area contributed by atoms with Crippen molar-refractivity contribution in [2.45, 2.75) is 47.1 Å². The monoisotopic (exact) mass is 594 g/mol. The number of esters is 1. The zero-order chi connectivity index (χ0) is 31.0. The second-order valence-corrected chi connectivity index (χ2v) is 12.0. The van der Waals surface area contributed by atoms with Crippen molar-refractivity contribution in [1.82, 2.24) is 4.90 Å². The molecule has 9 nitrogen and oxygen atoms in total. The van der Waals surface area contributed by atoms with Gasteiger partial charge in [0.05, 0.1) is 22.6 Å². The van der Waals surface area contributed by atoms with E-state index in [1.54, 1.807) is 13.8 Å². The summed E-state index contributed by atoms with van der Waals surface area (Å²) in [5, 5.41) is 9.43. The van der Waals surface area contributed by atoms with Crippen molar-refractivity contribution in [3.05, 3.63) is 93.6 Å². The first kappa shape index (κ1) is 32.7. The SMILES string of the molecule is CCC/N=C1\C=CC=C\C1=C(/C(=O)Oc1c(C)cc(C(=O)O)cc1C)c1cc(CN(C)CCCS(=O)(=O)O)ccc1C. The number of carboxylic acid groups (broad SMARTS) is 1. The summed E-state index contributed by atoms with van der Waals surface area (Å²) in [7, 11) is -2.17. The number of hydrogen-bond donors (Lipinski definition) is 2. The van der Waals surface area contributed by atoms with Crippen LogP contribution < -0.4 is 4.74 Å². The molecule has 0 spiro atoms. The molecule has 0 saturated heterocycles. The van der Waals surface area contributed by atoms with Crippen LogP contribution in [0.4, 0.5) is 0 Å². The standard InChI is InChI=1S/C32H38N2O7S/c1-6-14-33-28-11-8-7-10-26(28)29(32(37)41-30-22(3)17-25(31(35)36)18-23(30)4)27-19-24(13-12-21(27)2)20-34(5)15-9-16-42(38,39)40/h7-8,10-13,17-19H,6,9,14-16,20H2,1-5H3,(H,35,36)(H,38,39,40)/b29-26+,33-28+. The van der Waals surface area contributed by atoms with Gasteiger partial charge in [-0.15, -0.1) is 0 Å². The highest BCUT2D eigenvalue weighted by atomic mass is 32.2. The summed E-state index contributed by atoms with van der Waals surface area (Å²) in [5.41, 5.74) is 5.20. The van der Waals surface area contributed by atoms with E-state index in [-0.39, 0.29) is 17.7 Å². The number of benzene rings is 2. The molecule has 0 bridgehead atoms. The fourth-order valence-electron chi connectivity index (χ4n) is 4.74. The molecule has 3 rings (SSSR count). The Hall–Kier alpha value is -3.86. The quantitative estimate of drug-likeness (QED) is 0.145. The van der Waals surface area contributed by atoms with Crippen molar-refractivity contribution in [2.24, 2.45) is 4.99 Å². The van der Waals surface area contributed by atoms with Gasteiger partial charge in [0.15, 0.2) is 0 Å². The fourth-order valence-corrected chi connectivity index (χ4v) is 5.24.